The number of halogens is 2. The Kier molecular flexibility index (Phi) is 8.87. The van der Waals surface area contributed by atoms with Crippen LogP contribution in [0.15, 0.2) is 22.7 Å². The van der Waals surface area contributed by atoms with E-state index in [-0.39, 0.29) is 18.2 Å². The van der Waals surface area contributed by atoms with Gasteiger partial charge in [-0.3, -0.25) is 9.59 Å². The molecule has 156 valence electrons. The average Bonchev–Trinajstić information content (AvgIpc) is 2.58. The third-order valence-corrected chi connectivity index (χ3v) is 4.28. The smallest absolute Gasteiger partial charge is 0.325 e. The number of carbonyl (C=O) groups excluding carboxylic acids is 3. The number of carbonyl (C=O) groups is 3. The molecule has 0 bridgehead atoms. The van der Waals surface area contributed by atoms with Gasteiger partial charge < -0.3 is 20.7 Å². The third kappa shape index (κ3) is 8.24. The SMILES string of the molecule is CC[C@H](C)[C@H](NC(=O)Nc1ccc(Br)cc1F)C(=O)NCC(=O)OC(C)(C)C. The van der Waals surface area contributed by atoms with E-state index in [0.29, 0.717) is 10.9 Å². The zero-order chi connectivity index (χ0) is 21.5. The summed E-state index contributed by atoms with van der Waals surface area (Å²) in [5.74, 6) is -1.92. The fourth-order valence-corrected chi connectivity index (χ4v) is 2.57. The van der Waals surface area contributed by atoms with Crippen LogP contribution in [0.1, 0.15) is 41.0 Å². The van der Waals surface area contributed by atoms with Crippen LogP contribution in [0.4, 0.5) is 14.9 Å². The topological polar surface area (TPSA) is 96.5 Å². The van der Waals surface area contributed by atoms with Crippen molar-refractivity contribution in [2.75, 3.05) is 11.9 Å². The molecule has 3 amide bonds. The molecule has 0 radical (unpaired) electrons. The van der Waals surface area contributed by atoms with Crippen LogP contribution in [0.2, 0.25) is 0 Å². The minimum Gasteiger partial charge on any atom is -0.459 e. The van der Waals surface area contributed by atoms with Crippen LogP contribution >= 0.6 is 15.9 Å². The zero-order valence-corrected chi connectivity index (χ0v) is 18.3. The van der Waals surface area contributed by atoms with Crippen molar-refractivity contribution in [2.24, 2.45) is 5.92 Å². The van der Waals surface area contributed by atoms with Gasteiger partial charge in [0.15, 0.2) is 0 Å². The fraction of sp³-hybridized carbons (Fsp3) is 0.526. The zero-order valence-electron chi connectivity index (χ0n) is 16.7. The summed E-state index contributed by atoms with van der Waals surface area (Å²) in [5.41, 5.74) is -0.678. The molecule has 0 aliphatic heterocycles. The van der Waals surface area contributed by atoms with Gasteiger partial charge in [-0.2, -0.15) is 0 Å². The van der Waals surface area contributed by atoms with Crippen LogP contribution < -0.4 is 16.0 Å². The number of amides is 3. The van der Waals surface area contributed by atoms with Crippen molar-refractivity contribution in [1.29, 1.82) is 0 Å². The van der Waals surface area contributed by atoms with Gasteiger partial charge in [-0.05, 0) is 44.9 Å². The second-order valence-corrected chi connectivity index (χ2v) is 8.31. The summed E-state index contributed by atoms with van der Waals surface area (Å²) < 4.78 is 19.5. The highest BCUT2D eigenvalue weighted by atomic mass is 79.9. The van der Waals surface area contributed by atoms with Crippen LogP contribution in [0, 0.1) is 11.7 Å². The largest absolute Gasteiger partial charge is 0.459 e. The molecule has 28 heavy (non-hydrogen) atoms. The van der Waals surface area contributed by atoms with Gasteiger partial charge in [0, 0.05) is 4.47 Å². The monoisotopic (exact) mass is 459 g/mol. The Morgan fingerprint density at radius 3 is 2.43 bits per heavy atom. The Bertz CT molecular complexity index is 722. The van der Waals surface area contributed by atoms with Gasteiger partial charge in [0.25, 0.3) is 0 Å². The van der Waals surface area contributed by atoms with E-state index in [1.165, 1.54) is 12.1 Å². The first-order valence-electron chi connectivity index (χ1n) is 8.95. The van der Waals surface area contributed by atoms with E-state index in [1.54, 1.807) is 33.8 Å². The van der Waals surface area contributed by atoms with Gasteiger partial charge in [0.2, 0.25) is 5.91 Å². The van der Waals surface area contributed by atoms with Crippen molar-refractivity contribution in [2.45, 2.75) is 52.7 Å². The third-order valence-electron chi connectivity index (χ3n) is 3.79. The van der Waals surface area contributed by atoms with Crippen molar-refractivity contribution in [3.8, 4) is 0 Å². The quantitative estimate of drug-likeness (QED) is 0.542. The van der Waals surface area contributed by atoms with E-state index in [0.717, 1.165) is 0 Å². The molecule has 2 atom stereocenters. The van der Waals surface area contributed by atoms with Gasteiger partial charge in [0.1, 0.15) is 24.0 Å². The molecule has 0 heterocycles. The van der Waals surface area contributed by atoms with Crippen molar-refractivity contribution in [3.63, 3.8) is 0 Å². The number of esters is 1. The Hall–Kier alpha value is -2.16. The summed E-state index contributed by atoms with van der Waals surface area (Å²) in [5, 5.41) is 7.39. The number of ether oxygens (including phenoxy) is 1. The minimum atomic E-state index is -0.897. The summed E-state index contributed by atoms with van der Waals surface area (Å²) in [7, 11) is 0. The lowest BCUT2D eigenvalue weighted by Crippen LogP contribution is -2.52. The maximum atomic E-state index is 13.9. The lowest BCUT2D eigenvalue weighted by molar-refractivity contribution is -0.154. The summed E-state index contributed by atoms with van der Waals surface area (Å²) in [6.45, 7) is 8.52. The van der Waals surface area contributed by atoms with Gasteiger partial charge in [0.05, 0.1) is 5.69 Å². The van der Waals surface area contributed by atoms with Crippen LogP contribution in [-0.2, 0) is 14.3 Å². The number of urea groups is 1. The van der Waals surface area contributed by atoms with E-state index >= 15 is 0 Å². The first-order valence-corrected chi connectivity index (χ1v) is 9.74. The van der Waals surface area contributed by atoms with Crippen molar-refractivity contribution in [1.82, 2.24) is 10.6 Å². The summed E-state index contributed by atoms with van der Waals surface area (Å²) in [6.07, 6.45) is 0.609. The first kappa shape index (κ1) is 23.9. The molecule has 1 aromatic rings. The standard InChI is InChI=1S/C19H27BrFN3O4/c1-6-11(2)16(17(26)22-10-15(25)28-19(3,4)5)24-18(27)23-14-8-7-12(20)9-13(14)21/h7-9,11,16H,6,10H2,1-5H3,(H,22,26)(H2,23,24,27)/t11-,16-/m0/s1. The molecule has 3 N–H and O–H groups in total. The number of benzene rings is 1. The number of nitrogens with one attached hydrogen (secondary N) is 3. The summed E-state index contributed by atoms with van der Waals surface area (Å²) in [4.78, 5) is 36.5. The molecule has 9 heteroatoms. The molecule has 0 aliphatic rings. The fourth-order valence-electron chi connectivity index (χ4n) is 2.24. The second kappa shape index (κ2) is 10.4. The van der Waals surface area contributed by atoms with E-state index in [1.807, 2.05) is 6.92 Å². The summed E-state index contributed by atoms with van der Waals surface area (Å²) in [6, 6.07) is 2.58. The number of hydrogen-bond acceptors (Lipinski definition) is 4. The molecule has 0 aromatic heterocycles. The maximum absolute atomic E-state index is 13.9. The van der Waals surface area contributed by atoms with Crippen LogP contribution in [0.3, 0.4) is 0 Å². The van der Waals surface area contributed by atoms with Gasteiger partial charge in [-0.1, -0.05) is 36.2 Å². The van der Waals surface area contributed by atoms with Crippen molar-refractivity contribution < 1.29 is 23.5 Å². The van der Waals surface area contributed by atoms with Gasteiger partial charge >= 0.3 is 12.0 Å². The molecule has 0 fully saturated rings. The maximum Gasteiger partial charge on any atom is 0.325 e. The Morgan fingerprint density at radius 1 is 1.25 bits per heavy atom. The lowest BCUT2D eigenvalue weighted by Gasteiger charge is -2.24. The highest BCUT2D eigenvalue weighted by Crippen LogP contribution is 2.19. The van der Waals surface area contributed by atoms with Gasteiger partial charge in [-0.15, -0.1) is 0 Å². The summed E-state index contributed by atoms with van der Waals surface area (Å²) >= 11 is 3.14. The Balaban J connectivity index is 2.72. The predicted octanol–water partition coefficient (Wildman–Crippen LogP) is 3.58. The molecule has 0 unspecified atom stereocenters. The van der Waals surface area contributed by atoms with E-state index < -0.39 is 35.4 Å². The molecule has 0 aliphatic carbocycles. The molecule has 1 aromatic carbocycles. The van der Waals surface area contributed by atoms with Gasteiger partial charge in [-0.25, -0.2) is 9.18 Å². The predicted molar refractivity (Wildman–Crippen MR) is 108 cm³/mol. The molecule has 7 nitrogen and oxygen atoms in total. The highest BCUT2D eigenvalue weighted by Gasteiger charge is 2.27. The second-order valence-electron chi connectivity index (χ2n) is 7.39. The van der Waals surface area contributed by atoms with E-state index in [4.69, 9.17) is 4.74 Å². The lowest BCUT2D eigenvalue weighted by atomic mass is 9.98. The van der Waals surface area contributed by atoms with E-state index in [9.17, 15) is 18.8 Å². The van der Waals surface area contributed by atoms with Crippen LogP contribution in [-0.4, -0.2) is 36.1 Å². The number of anilines is 1. The number of hydrogen-bond donors (Lipinski definition) is 3. The van der Waals surface area contributed by atoms with Crippen molar-refractivity contribution in [3.05, 3.63) is 28.5 Å². The average molecular weight is 460 g/mol. The Labute approximate surface area is 172 Å². The van der Waals surface area contributed by atoms with E-state index in [2.05, 4.69) is 31.9 Å². The minimum absolute atomic E-state index is 0.0160. The molecule has 0 saturated carbocycles. The normalized spacial score (nSPS) is 13.2. The first-order chi connectivity index (χ1) is 12.9. The number of rotatable bonds is 7. The molecule has 0 spiro atoms. The molecular formula is C19H27BrFN3O4. The van der Waals surface area contributed by atoms with Crippen molar-refractivity contribution >= 4 is 39.5 Å². The highest BCUT2D eigenvalue weighted by molar-refractivity contribution is 9.10. The molecule has 1 rings (SSSR count). The Morgan fingerprint density at radius 2 is 1.89 bits per heavy atom. The molecule has 0 saturated heterocycles. The van der Waals surface area contributed by atoms with Crippen LogP contribution in [0.5, 0.6) is 0 Å². The molecular weight excluding hydrogens is 433 g/mol. The van der Waals surface area contributed by atoms with Crippen LogP contribution in [0.25, 0.3) is 0 Å².